The molecule has 0 aliphatic heterocycles. The zero-order valence-corrected chi connectivity index (χ0v) is 12.0. The Kier molecular flexibility index (Phi) is 2.42. The number of hydrogen-bond acceptors (Lipinski definition) is 3. The molecule has 5 rings (SSSR count). The van der Waals surface area contributed by atoms with Gasteiger partial charge in [-0.1, -0.05) is 0 Å². The first kappa shape index (κ1) is 12.2. The van der Waals surface area contributed by atoms with Crippen LogP contribution in [0.3, 0.4) is 0 Å². The lowest BCUT2D eigenvalue weighted by molar-refractivity contribution is -0.00716. The summed E-state index contributed by atoms with van der Waals surface area (Å²) < 4.78 is 0. The van der Waals surface area contributed by atoms with Gasteiger partial charge < -0.3 is 5.73 Å². The molecule has 1 heterocycles. The maximum Gasteiger partial charge on any atom is 0.141 e. The fourth-order valence-corrected chi connectivity index (χ4v) is 5.54. The summed E-state index contributed by atoms with van der Waals surface area (Å²) in [5, 5.41) is 9.15. The third-order valence-corrected chi connectivity index (χ3v) is 5.94. The predicted molar refractivity (Wildman–Crippen MR) is 78.0 cm³/mol. The van der Waals surface area contributed by atoms with Crippen molar-refractivity contribution in [1.82, 2.24) is 4.98 Å². The molecule has 1 aromatic rings. The van der Waals surface area contributed by atoms with Crippen molar-refractivity contribution in [3.63, 3.8) is 0 Å². The van der Waals surface area contributed by atoms with Gasteiger partial charge in [0.1, 0.15) is 11.9 Å². The average Bonchev–Trinajstić information content (AvgIpc) is 2.36. The predicted octanol–water partition coefficient (Wildman–Crippen LogP) is 3.31. The molecule has 1 aromatic heterocycles. The number of nitrogen functional groups attached to an aromatic ring is 1. The Morgan fingerprint density at radius 1 is 1.20 bits per heavy atom. The summed E-state index contributed by atoms with van der Waals surface area (Å²) in [5.74, 6) is 3.14. The SMILES string of the molecule is Cc1cc(C23CC4CC(CC(C4)C2)C3)nc(N)c1C#N. The van der Waals surface area contributed by atoms with Gasteiger partial charge in [0.2, 0.25) is 0 Å². The Labute approximate surface area is 120 Å². The van der Waals surface area contributed by atoms with Crippen LogP contribution in [-0.4, -0.2) is 4.98 Å². The number of nitriles is 1. The van der Waals surface area contributed by atoms with Crippen LogP contribution in [0.5, 0.6) is 0 Å². The van der Waals surface area contributed by atoms with Crippen molar-refractivity contribution in [3.05, 3.63) is 22.9 Å². The zero-order chi connectivity index (χ0) is 13.9. The maximum atomic E-state index is 9.15. The van der Waals surface area contributed by atoms with Crippen LogP contribution >= 0.6 is 0 Å². The van der Waals surface area contributed by atoms with Crippen molar-refractivity contribution in [2.24, 2.45) is 17.8 Å². The molecule has 0 atom stereocenters. The van der Waals surface area contributed by atoms with Gasteiger partial charge in [-0.2, -0.15) is 5.26 Å². The molecule has 0 spiro atoms. The highest BCUT2D eigenvalue weighted by Crippen LogP contribution is 2.60. The van der Waals surface area contributed by atoms with E-state index >= 15 is 0 Å². The second-order valence-corrected chi connectivity index (χ2v) is 7.39. The summed E-state index contributed by atoms with van der Waals surface area (Å²) in [7, 11) is 0. The molecule has 0 saturated heterocycles. The van der Waals surface area contributed by atoms with Gasteiger partial charge in [-0.3, -0.25) is 0 Å². The van der Waals surface area contributed by atoms with Crippen molar-refractivity contribution in [2.45, 2.75) is 50.9 Å². The highest BCUT2D eigenvalue weighted by Gasteiger charge is 2.52. The molecule has 0 amide bonds. The molecular weight excluding hydrogens is 246 g/mol. The number of pyridine rings is 1. The average molecular weight is 267 g/mol. The monoisotopic (exact) mass is 267 g/mol. The van der Waals surface area contributed by atoms with Gasteiger partial charge in [0.25, 0.3) is 0 Å². The minimum absolute atomic E-state index is 0.265. The molecule has 4 bridgehead atoms. The smallest absolute Gasteiger partial charge is 0.141 e. The maximum absolute atomic E-state index is 9.15. The molecule has 4 aliphatic carbocycles. The van der Waals surface area contributed by atoms with Gasteiger partial charge in [0.05, 0.1) is 5.56 Å². The summed E-state index contributed by atoms with van der Waals surface area (Å²) in [5.41, 5.74) is 9.00. The topological polar surface area (TPSA) is 62.7 Å². The van der Waals surface area contributed by atoms with E-state index in [4.69, 9.17) is 11.0 Å². The third kappa shape index (κ3) is 1.60. The molecular formula is C17H21N3. The Hall–Kier alpha value is -1.56. The van der Waals surface area contributed by atoms with E-state index in [0.29, 0.717) is 11.4 Å². The lowest BCUT2D eigenvalue weighted by Crippen LogP contribution is -2.49. The fourth-order valence-electron chi connectivity index (χ4n) is 5.54. The van der Waals surface area contributed by atoms with Crippen LogP contribution < -0.4 is 5.73 Å². The minimum Gasteiger partial charge on any atom is -0.383 e. The summed E-state index contributed by atoms with van der Waals surface area (Å²) >= 11 is 0. The van der Waals surface area contributed by atoms with Crippen LogP contribution in [0, 0.1) is 36.0 Å². The molecule has 104 valence electrons. The molecule has 0 unspecified atom stereocenters. The van der Waals surface area contributed by atoms with Crippen LogP contribution in [0.2, 0.25) is 0 Å². The van der Waals surface area contributed by atoms with Crippen LogP contribution in [0.15, 0.2) is 6.07 Å². The molecule has 3 heteroatoms. The van der Waals surface area contributed by atoms with Crippen LogP contribution in [0.25, 0.3) is 0 Å². The van der Waals surface area contributed by atoms with Crippen molar-refractivity contribution >= 4 is 5.82 Å². The number of aromatic nitrogens is 1. The van der Waals surface area contributed by atoms with E-state index in [0.717, 1.165) is 23.3 Å². The summed E-state index contributed by atoms with van der Waals surface area (Å²) in [6, 6.07) is 4.32. The highest BCUT2D eigenvalue weighted by atomic mass is 14.9. The first-order valence-corrected chi connectivity index (χ1v) is 7.77. The molecule has 20 heavy (non-hydrogen) atoms. The summed E-state index contributed by atoms with van der Waals surface area (Å²) in [6.07, 6.45) is 8.17. The van der Waals surface area contributed by atoms with Gasteiger partial charge in [-0.15, -0.1) is 0 Å². The molecule has 0 aromatic carbocycles. The molecule has 4 aliphatic rings. The number of rotatable bonds is 1. The molecule has 0 radical (unpaired) electrons. The number of anilines is 1. The largest absolute Gasteiger partial charge is 0.383 e. The van der Waals surface area contributed by atoms with Crippen LogP contribution in [0.1, 0.15) is 55.3 Å². The second-order valence-electron chi connectivity index (χ2n) is 7.39. The van der Waals surface area contributed by atoms with Crippen molar-refractivity contribution < 1.29 is 0 Å². The van der Waals surface area contributed by atoms with Crippen molar-refractivity contribution in [2.75, 3.05) is 5.73 Å². The number of nitrogens with zero attached hydrogens (tertiary/aromatic N) is 2. The lowest BCUT2D eigenvalue weighted by atomic mass is 9.48. The zero-order valence-electron chi connectivity index (χ0n) is 12.0. The summed E-state index contributed by atoms with van der Waals surface area (Å²) in [4.78, 5) is 4.65. The Bertz CT molecular complexity index is 553. The van der Waals surface area contributed by atoms with Gasteiger partial charge in [0, 0.05) is 11.1 Å². The first-order chi connectivity index (χ1) is 9.59. The Morgan fingerprint density at radius 3 is 2.20 bits per heavy atom. The molecule has 4 saturated carbocycles. The van der Waals surface area contributed by atoms with E-state index < -0.39 is 0 Å². The van der Waals surface area contributed by atoms with E-state index in [9.17, 15) is 0 Å². The van der Waals surface area contributed by atoms with Gasteiger partial charge in [-0.05, 0) is 74.8 Å². The van der Waals surface area contributed by atoms with Gasteiger partial charge >= 0.3 is 0 Å². The van der Waals surface area contributed by atoms with E-state index in [-0.39, 0.29) is 5.41 Å². The normalized spacial score (nSPS) is 37.9. The van der Waals surface area contributed by atoms with Crippen molar-refractivity contribution in [3.8, 4) is 6.07 Å². The second kappa shape index (κ2) is 3.97. The van der Waals surface area contributed by atoms with Gasteiger partial charge in [-0.25, -0.2) is 4.98 Å². The highest BCUT2D eigenvalue weighted by molar-refractivity contribution is 5.54. The lowest BCUT2D eigenvalue weighted by Gasteiger charge is -2.56. The van der Waals surface area contributed by atoms with Crippen molar-refractivity contribution in [1.29, 1.82) is 5.26 Å². The number of aryl methyl sites for hydroxylation is 1. The quantitative estimate of drug-likeness (QED) is 0.849. The van der Waals surface area contributed by atoms with E-state index in [1.165, 1.54) is 44.2 Å². The first-order valence-electron chi connectivity index (χ1n) is 7.77. The molecule has 2 N–H and O–H groups in total. The molecule has 4 fully saturated rings. The van der Waals surface area contributed by atoms with Crippen LogP contribution in [0.4, 0.5) is 5.82 Å². The Morgan fingerprint density at radius 2 is 1.75 bits per heavy atom. The van der Waals surface area contributed by atoms with E-state index in [2.05, 4.69) is 17.1 Å². The fraction of sp³-hybridized carbons (Fsp3) is 0.647. The summed E-state index contributed by atoms with van der Waals surface area (Å²) in [6.45, 7) is 1.99. The standard InChI is InChI=1S/C17H21N3/c1-10-2-15(20-16(19)14(10)9-18)17-6-11-3-12(7-17)5-13(4-11)8-17/h2,11-13H,3-8H2,1H3,(H2,19,20). The van der Waals surface area contributed by atoms with Gasteiger partial charge in [0.15, 0.2) is 0 Å². The number of nitrogens with two attached hydrogens (primary N) is 1. The van der Waals surface area contributed by atoms with Crippen LogP contribution in [-0.2, 0) is 5.41 Å². The van der Waals surface area contributed by atoms with E-state index in [1.54, 1.807) is 0 Å². The minimum atomic E-state index is 0.265. The number of hydrogen-bond donors (Lipinski definition) is 1. The third-order valence-electron chi connectivity index (χ3n) is 5.94. The Balaban J connectivity index is 1.80. The van der Waals surface area contributed by atoms with E-state index in [1.807, 2.05) is 6.92 Å². The molecule has 3 nitrogen and oxygen atoms in total.